The van der Waals surface area contributed by atoms with Crippen LogP contribution in [0.4, 0.5) is 9.93 Å². The summed E-state index contributed by atoms with van der Waals surface area (Å²) in [5.74, 6) is -2.49. The number of nitrogens with one attached hydrogen (secondary N) is 3. The summed E-state index contributed by atoms with van der Waals surface area (Å²) < 4.78 is 42.9. The van der Waals surface area contributed by atoms with Crippen molar-refractivity contribution in [3.8, 4) is 17.3 Å². The zero-order valence-electron chi connectivity index (χ0n) is 37.5. The van der Waals surface area contributed by atoms with Crippen LogP contribution in [-0.4, -0.2) is 144 Å². The van der Waals surface area contributed by atoms with Gasteiger partial charge in [0, 0.05) is 69.6 Å². The second-order valence-corrected chi connectivity index (χ2v) is 21.3. The lowest BCUT2D eigenvalue weighted by atomic mass is 10.0. The summed E-state index contributed by atoms with van der Waals surface area (Å²) in [6.45, 7) is 13.0. The fourth-order valence-electron chi connectivity index (χ4n) is 8.48. The van der Waals surface area contributed by atoms with Crippen molar-refractivity contribution >= 4 is 61.5 Å². The number of hydrogen-bond donors (Lipinski definition) is 3. The number of imidazole rings is 1. The Bertz CT molecular complexity index is 2330. The van der Waals surface area contributed by atoms with Crippen molar-refractivity contribution in [2.45, 2.75) is 115 Å². The van der Waals surface area contributed by atoms with E-state index in [-0.39, 0.29) is 25.4 Å². The number of alkyl carbamates (subject to hydrolysis) is 1. The number of anilines is 1. The van der Waals surface area contributed by atoms with E-state index in [0.29, 0.717) is 30.8 Å². The van der Waals surface area contributed by atoms with Crippen molar-refractivity contribution in [1.29, 1.82) is 0 Å². The minimum Gasteiger partial charge on any atom is -0.459 e. The van der Waals surface area contributed by atoms with Gasteiger partial charge >= 0.3 is 16.3 Å². The van der Waals surface area contributed by atoms with Crippen molar-refractivity contribution in [3.05, 3.63) is 35.7 Å². The average Bonchev–Trinajstić information content (AvgIpc) is 3.55. The zero-order chi connectivity index (χ0) is 45.4. The number of carbonyl (C=O) groups excluding carboxylic acids is 4. The number of para-hydroxylation sites is 1. The first-order valence-electron chi connectivity index (χ1n) is 21.9. The smallest absolute Gasteiger partial charge is 0.408 e. The van der Waals surface area contributed by atoms with E-state index < -0.39 is 69.3 Å². The van der Waals surface area contributed by atoms with Crippen LogP contribution in [0.1, 0.15) is 85.6 Å². The second-order valence-electron chi connectivity index (χ2n) is 18.6. The summed E-state index contributed by atoms with van der Waals surface area (Å²) in [5.41, 5.74) is 0.808. The van der Waals surface area contributed by atoms with Gasteiger partial charge in [-0.1, -0.05) is 37.1 Å². The Hall–Kier alpha value is -4.79. The lowest BCUT2D eigenvalue weighted by Gasteiger charge is -2.32. The number of rotatable bonds is 9. The molecule has 3 N–H and O–H groups in total. The molecule has 5 atom stereocenters. The number of hydrogen-bond acceptors (Lipinski definition) is 13. The number of piperazine rings is 1. The third-order valence-corrected chi connectivity index (χ3v) is 14.4. The Morgan fingerprint density at radius 2 is 1.81 bits per heavy atom. The number of carbonyl (C=O) groups is 4. The van der Waals surface area contributed by atoms with Crippen molar-refractivity contribution in [3.63, 3.8) is 0 Å². The topological polar surface area (TPSA) is 201 Å². The minimum atomic E-state index is -4.19. The van der Waals surface area contributed by atoms with Gasteiger partial charge in [-0.15, -0.1) is 11.3 Å². The maximum Gasteiger partial charge on any atom is 0.408 e. The van der Waals surface area contributed by atoms with E-state index in [4.69, 9.17) is 19.4 Å². The molecule has 2 saturated heterocycles. The van der Waals surface area contributed by atoms with Crippen molar-refractivity contribution in [1.82, 2.24) is 44.0 Å². The number of aromatic nitrogens is 3. The van der Waals surface area contributed by atoms with Crippen LogP contribution in [0.2, 0.25) is 0 Å². The molecule has 344 valence electrons. The molecule has 2 aromatic heterocycles. The molecule has 20 heteroatoms. The van der Waals surface area contributed by atoms with Gasteiger partial charge in [-0.2, -0.15) is 17.7 Å². The molecule has 3 aliphatic heterocycles. The molecule has 0 bridgehead atoms. The van der Waals surface area contributed by atoms with Gasteiger partial charge in [-0.3, -0.25) is 19.0 Å². The van der Waals surface area contributed by atoms with Gasteiger partial charge in [0.2, 0.25) is 11.8 Å². The first-order chi connectivity index (χ1) is 29.8. The van der Waals surface area contributed by atoms with Crippen molar-refractivity contribution < 1.29 is 37.1 Å². The highest BCUT2D eigenvalue weighted by Crippen LogP contribution is 2.46. The quantitative estimate of drug-likeness (QED) is 0.261. The van der Waals surface area contributed by atoms with Crippen LogP contribution in [0, 0.1) is 5.92 Å². The van der Waals surface area contributed by atoms with Crippen LogP contribution < -0.4 is 25.0 Å². The highest BCUT2D eigenvalue weighted by molar-refractivity contribution is 7.87. The molecule has 18 nitrogen and oxygen atoms in total. The van der Waals surface area contributed by atoms with Gasteiger partial charge in [0.05, 0.1) is 17.8 Å². The highest BCUT2D eigenvalue weighted by atomic mass is 32.2. The Balaban J connectivity index is 1.21. The molecule has 0 radical (unpaired) electrons. The van der Waals surface area contributed by atoms with Gasteiger partial charge in [0.15, 0.2) is 5.13 Å². The molecule has 4 amide bonds. The first kappa shape index (κ1) is 46.2. The Morgan fingerprint density at radius 1 is 1.06 bits per heavy atom. The summed E-state index contributed by atoms with van der Waals surface area (Å²) in [6.07, 6.45) is 5.60. The summed E-state index contributed by atoms with van der Waals surface area (Å²) >= 11 is 1.60. The lowest BCUT2D eigenvalue weighted by molar-refractivity contribution is -0.141. The zero-order valence-corrected chi connectivity index (χ0v) is 39.2. The minimum absolute atomic E-state index is 0.0273. The number of thiazole rings is 1. The number of likely N-dealkylation sites (N-methyl/N-ethyl adjacent to an activating group) is 1. The Labute approximate surface area is 373 Å². The van der Waals surface area contributed by atoms with Crippen molar-refractivity contribution in [2.24, 2.45) is 5.92 Å². The predicted octanol–water partition coefficient (Wildman–Crippen LogP) is 4.05. The fraction of sp³-hybridized carbons (Fsp3) is 0.628. The monoisotopic (exact) mass is 910 g/mol. The number of allylic oxidation sites excluding steroid dienone is 1. The maximum absolute atomic E-state index is 14.7. The van der Waals surface area contributed by atoms with Crippen LogP contribution in [0.3, 0.4) is 0 Å². The first-order valence-corrected chi connectivity index (χ1v) is 24.2. The Morgan fingerprint density at radius 3 is 2.51 bits per heavy atom. The second kappa shape index (κ2) is 18.4. The molecule has 1 aliphatic carbocycles. The third kappa shape index (κ3) is 10.3. The molecule has 63 heavy (non-hydrogen) atoms. The molecule has 3 fully saturated rings. The summed E-state index contributed by atoms with van der Waals surface area (Å²) in [7, 11) is 0.536. The predicted molar refractivity (Wildman–Crippen MR) is 241 cm³/mol. The number of benzene rings is 1. The molecule has 0 unspecified atom stereocenters. The van der Waals surface area contributed by atoms with E-state index in [0.717, 1.165) is 65.2 Å². The van der Waals surface area contributed by atoms with Crippen LogP contribution in [0.5, 0.6) is 6.01 Å². The highest BCUT2D eigenvalue weighted by Gasteiger charge is 2.62. The van der Waals surface area contributed by atoms with Gasteiger partial charge < -0.3 is 34.8 Å². The van der Waals surface area contributed by atoms with Crippen molar-refractivity contribution in [2.75, 3.05) is 58.8 Å². The van der Waals surface area contributed by atoms with Crippen LogP contribution in [-0.2, 0) is 29.3 Å². The standard InChI is InChI=1S/C43H62N10O8S2/c1-27(2)53-33-18-14-16-30(32-26-62-40(44-32)51-21-19-50(8)20-22-51)35(33)46-39(53)60-29-23-34-36(54)47-43(38(56)48-63(58,59)49(6)7)24-28(43)15-12-10-9-11-13-17-31(37(55)52(34)25-29)45-41(57)61-42(3,4)5/h12,14-16,18,26-29,31,34H,9-11,13,17,19-25H2,1-8H3,(H,45,57)(H,47,54)(H,48,56)/b15-12-/t28-,29-,31+,34+,43-/m1/s1. The van der Waals surface area contributed by atoms with Gasteiger partial charge in [-0.25, -0.2) is 14.5 Å². The van der Waals surface area contributed by atoms with Crippen LogP contribution in [0.15, 0.2) is 35.7 Å². The number of fused-ring (bicyclic) bond motifs is 3. The van der Waals surface area contributed by atoms with E-state index in [2.05, 4.69) is 37.6 Å². The van der Waals surface area contributed by atoms with Crippen LogP contribution in [0.25, 0.3) is 22.3 Å². The molecular formula is C43H62N10O8S2. The number of ether oxygens (including phenoxy) is 2. The van der Waals surface area contributed by atoms with E-state index in [1.165, 1.54) is 19.0 Å². The largest absolute Gasteiger partial charge is 0.459 e. The normalized spacial score (nSPS) is 25.8. The SMILES string of the molecule is CC(C)n1c(O[C@@H]2C[C@H]3C(=O)N[C@]4(C(=O)NS(=O)(=O)N(C)C)C[C@H]4/C=C\CCCCC[C@H](NC(=O)OC(C)(C)C)C(=O)N3C2)nc2c(-c3csc(N4CCN(C)CC4)n3)cccc21. The van der Waals surface area contributed by atoms with Gasteiger partial charge in [0.1, 0.15) is 34.8 Å². The third-order valence-electron chi connectivity index (χ3n) is 12.1. The number of nitrogens with zero attached hydrogens (tertiary/aromatic N) is 7. The van der Waals surface area contributed by atoms with Crippen LogP contribution >= 0.6 is 11.3 Å². The molecule has 7 rings (SSSR count). The number of amides is 4. The maximum atomic E-state index is 14.7. The molecule has 1 saturated carbocycles. The van der Waals surface area contributed by atoms with E-state index in [9.17, 15) is 27.6 Å². The molecule has 0 spiro atoms. The molecular weight excluding hydrogens is 849 g/mol. The van der Waals surface area contributed by atoms with Gasteiger partial charge in [-0.05, 0) is 73.4 Å². The fourth-order valence-corrected chi connectivity index (χ4v) is 9.96. The lowest BCUT2D eigenvalue weighted by Crippen LogP contribution is -2.58. The van der Waals surface area contributed by atoms with E-state index >= 15 is 0 Å². The van der Waals surface area contributed by atoms with Gasteiger partial charge in [0.25, 0.3) is 11.9 Å². The Kier molecular flexibility index (Phi) is 13.5. The molecule has 4 aliphatic rings. The summed E-state index contributed by atoms with van der Waals surface area (Å²) in [6, 6.07) is 4.00. The summed E-state index contributed by atoms with van der Waals surface area (Å²) in [4.78, 5) is 72.5. The molecule has 1 aromatic carbocycles. The van der Waals surface area contributed by atoms with E-state index in [1.807, 2.05) is 48.8 Å². The molecule has 5 heterocycles. The molecule has 3 aromatic rings. The average molecular weight is 911 g/mol. The summed E-state index contributed by atoms with van der Waals surface area (Å²) in [5, 5.41) is 8.67. The van der Waals surface area contributed by atoms with E-state index in [1.54, 1.807) is 32.1 Å².